The highest BCUT2D eigenvalue weighted by molar-refractivity contribution is 6.00. The number of benzene rings is 3. The lowest BCUT2D eigenvalue weighted by molar-refractivity contribution is -0.0625. The predicted molar refractivity (Wildman–Crippen MR) is 149 cm³/mol. The Kier molecular flexibility index (Phi) is 8.34. The zero-order chi connectivity index (χ0) is 27.3. The Morgan fingerprint density at radius 2 is 1.32 bits per heavy atom. The van der Waals surface area contributed by atoms with Crippen molar-refractivity contribution in [3.05, 3.63) is 108 Å². The quantitative estimate of drug-likeness (QED) is 0.313. The van der Waals surface area contributed by atoms with Crippen molar-refractivity contribution >= 4 is 11.9 Å². The molecule has 38 heavy (non-hydrogen) atoms. The number of hydrogen-bond donors (Lipinski definition) is 0. The predicted octanol–water partition coefficient (Wildman–Crippen LogP) is 6.31. The molecule has 0 bridgehead atoms. The topological polar surface area (TPSA) is 59.1 Å². The standard InChI is InChI=1S/C32H38N2O4/c1-24(33(21-25-15-9-6-10-16-25)22-26-17-11-7-12-18-26)29(28(35)27-19-13-8-14-20-27)38-30(36)34-31(2,3)23-37-32(34,4)5/h6-20,24,29H,21-23H2,1-5H3/t24-,29+/m0/s1. The summed E-state index contributed by atoms with van der Waals surface area (Å²) in [7, 11) is 0. The van der Waals surface area contributed by atoms with Crippen LogP contribution in [0.2, 0.25) is 0 Å². The Labute approximate surface area is 226 Å². The van der Waals surface area contributed by atoms with Crippen LogP contribution in [0.15, 0.2) is 91.0 Å². The van der Waals surface area contributed by atoms with Crippen LogP contribution in [0.3, 0.4) is 0 Å². The number of carbonyl (C=O) groups is 2. The first-order chi connectivity index (χ1) is 18.1. The average Bonchev–Trinajstić information content (AvgIpc) is 3.14. The first-order valence-electron chi connectivity index (χ1n) is 13.1. The van der Waals surface area contributed by atoms with Crippen LogP contribution in [-0.2, 0) is 22.6 Å². The van der Waals surface area contributed by atoms with Crippen LogP contribution in [0.25, 0.3) is 0 Å². The molecule has 6 heteroatoms. The SMILES string of the molecule is C[C@@H]([C@@H](OC(=O)N1C(C)(C)COC1(C)C)C(=O)c1ccccc1)N(Cc1ccccc1)Cc1ccccc1. The van der Waals surface area contributed by atoms with Gasteiger partial charge in [0.1, 0.15) is 5.72 Å². The molecule has 1 aliphatic heterocycles. The number of amides is 1. The van der Waals surface area contributed by atoms with Gasteiger partial charge >= 0.3 is 6.09 Å². The second kappa shape index (κ2) is 11.5. The summed E-state index contributed by atoms with van der Waals surface area (Å²) in [6.07, 6.45) is -1.58. The minimum atomic E-state index is -1.02. The zero-order valence-corrected chi connectivity index (χ0v) is 23.0. The van der Waals surface area contributed by atoms with E-state index in [9.17, 15) is 9.59 Å². The van der Waals surface area contributed by atoms with Gasteiger partial charge in [0.25, 0.3) is 0 Å². The van der Waals surface area contributed by atoms with Crippen molar-refractivity contribution in [1.29, 1.82) is 0 Å². The molecule has 0 aromatic heterocycles. The average molecular weight is 515 g/mol. The fourth-order valence-corrected chi connectivity index (χ4v) is 5.15. The summed E-state index contributed by atoms with van der Waals surface area (Å²) in [5.74, 6) is -0.228. The smallest absolute Gasteiger partial charge is 0.413 e. The molecule has 3 aromatic carbocycles. The summed E-state index contributed by atoms with van der Waals surface area (Å²) in [6, 6.07) is 28.9. The van der Waals surface area contributed by atoms with Crippen molar-refractivity contribution in [3.8, 4) is 0 Å². The molecule has 1 aliphatic rings. The van der Waals surface area contributed by atoms with Gasteiger partial charge in [0.05, 0.1) is 18.2 Å². The third-order valence-corrected chi connectivity index (χ3v) is 7.12. The van der Waals surface area contributed by atoms with Crippen molar-refractivity contribution in [3.63, 3.8) is 0 Å². The van der Waals surface area contributed by atoms with Gasteiger partial charge in [-0.3, -0.25) is 14.6 Å². The fraction of sp³-hybridized carbons (Fsp3) is 0.375. The first kappa shape index (κ1) is 27.6. The second-order valence-corrected chi connectivity index (χ2v) is 11.0. The van der Waals surface area contributed by atoms with E-state index in [4.69, 9.17) is 9.47 Å². The Morgan fingerprint density at radius 1 is 0.842 bits per heavy atom. The van der Waals surface area contributed by atoms with Crippen molar-refractivity contribution in [2.24, 2.45) is 0 Å². The van der Waals surface area contributed by atoms with Gasteiger partial charge in [0, 0.05) is 18.7 Å². The highest BCUT2D eigenvalue weighted by atomic mass is 16.6. The highest BCUT2D eigenvalue weighted by Crippen LogP contribution is 2.35. The van der Waals surface area contributed by atoms with Gasteiger partial charge < -0.3 is 9.47 Å². The molecule has 0 radical (unpaired) electrons. The summed E-state index contributed by atoms with van der Waals surface area (Å²) in [4.78, 5) is 31.4. The van der Waals surface area contributed by atoms with Crippen LogP contribution < -0.4 is 0 Å². The van der Waals surface area contributed by atoms with Gasteiger partial charge in [0.15, 0.2) is 6.10 Å². The van der Waals surface area contributed by atoms with Crippen LogP contribution in [0.4, 0.5) is 4.79 Å². The van der Waals surface area contributed by atoms with Crippen LogP contribution in [0.1, 0.15) is 56.1 Å². The number of hydrogen-bond acceptors (Lipinski definition) is 5. The van der Waals surface area contributed by atoms with E-state index in [1.807, 2.05) is 89.2 Å². The molecular formula is C32H38N2O4. The van der Waals surface area contributed by atoms with E-state index in [0.717, 1.165) is 11.1 Å². The zero-order valence-electron chi connectivity index (χ0n) is 23.0. The lowest BCUT2D eigenvalue weighted by Gasteiger charge is -2.39. The number of nitrogens with zero attached hydrogens (tertiary/aromatic N) is 2. The van der Waals surface area contributed by atoms with Crippen molar-refractivity contribution < 1.29 is 19.1 Å². The molecule has 1 fully saturated rings. The summed E-state index contributed by atoms with van der Waals surface area (Å²) in [6.45, 7) is 11.1. The molecule has 0 saturated carbocycles. The summed E-state index contributed by atoms with van der Waals surface area (Å²) in [5, 5.41) is 0. The van der Waals surface area contributed by atoms with E-state index in [1.165, 1.54) is 0 Å². The Morgan fingerprint density at radius 3 is 1.76 bits per heavy atom. The molecule has 1 amide bonds. The molecule has 200 valence electrons. The number of ketones is 1. The Bertz CT molecular complexity index is 1150. The van der Waals surface area contributed by atoms with Gasteiger partial charge in [-0.05, 0) is 45.7 Å². The number of ether oxygens (including phenoxy) is 2. The third-order valence-electron chi connectivity index (χ3n) is 7.12. The van der Waals surface area contributed by atoms with Crippen LogP contribution >= 0.6 is 0 Å². The minimum Gasteiger partial charge on any atom is -0.436 e. The molecular weight excluding hydrogens is 476 g/mol. The van der Waals surface area contributed by atoms with Crippen molar-refractivity contribution in [2.75, 3.05) is 6.61 Å². The lowest BCUT2D eigenvalue weighted by Crippen LogP contribution is -2.56. The van der Waals surface area contributed by atoms with Crippen molar-refractivity contribution in [1.82, 2.24) is 9.80 Å². The molecule has 0 unspecified atom stereocenters. The van der Waals surface area contributed by atoms with E-state index in [1.54, 1.807) is 17.0 Å². The van der Waals surface area contributed by atoms with Gasteiger partial charge in [-0.2, -0.15) is 0 Å². The molecule has 3 aromatic rings. The first-order valence-corrected chi connectivity index (χ1v) is 13.1. The normalized spacial score (nSPS) is 17.7. The summed E-state index contributed by atoms with van der Waals surface area (Å²) < 4.78 is 12.1. The van der Waals surface area contributed by atoms with Gasteiger partial charge in [0.2, 0.25) is 5.78 Å². The molecule has 0 aliphatic carbocycles. The number of Topliss-reactive ketones (excluding diaryl/α,β-unsaturated/α-hetero) is 1. The summed E-state index contributed by atoms with van der Waals surface area (Å²) in [5.41, 5.74) is 1.31. The van der Waals surface area contributed by atoms with E-state index in [0.29, 0.717) is 25.3 Å². The Balaban J connectivity index is 1.69. The minimum absolute atomic E-state index is 0.228. The van der Waals surface area contributed by atoms with E-state index < -0.39 is 29.5 Å². The van der Waals surface area contributed by atoms with E-state index in [-0.39, 0.29) is 5.78 Å². The Hall–Kier alpha value is -3.48. The maximum atomic E-state index is 13.9. The number of carbonyl (C=O) groups excluding carboxylic acids is 2. The molecule has 1 saturated heterocycles. The maximum Gasteiger partial charge on any atom is 0.413 e. The van der Waals surface area contributed by atoms with Gasteiger partial charge in [-0.25, -0.2) is 4.79 Å². The molecule has 0 spiro atoms. The van der Waals surface area contributed by atoms with Gasteiger partial charge in [-0.15, -0.1) is 0 Å². The van der Waals surface area contributed by atoms with E-state index >= 15 is 0 Å². The van der Waals surface area contributed by atoms with Crippen molar-refractivity contribution in [2.45, 2.75) is 71.1 Å². The highest BCUT2D eigenvalue weighted by Gasteiger charge is 2.51. The second-order valence-electron chi connectivity index (χ2n) is 11.0. The molecule has 2 atom stereocenters. The monoisotopic (exact) mass is 514 g/mol. The number of rotatable bonds is 9. The lowest BCUT2D eigenvalue weighted by atomic mass is 9.99. The van der Waals surface area contributed by atoms with Crippen LogP contribution in [0, 0.1) is 0 Å². The van der Waals surface area contributed by atoms with E-state index in [2.05, 4.69) is 29.2 Å². The molecule has 4 rings (SSSR count). The van der Waals surface area contributed by atoms with Crippen LogP contribution in [0.5, 0.6) is 0 Å². The van der Waals surface area contributed by atoms with Crippen LogP contribution in [-0.4, -0.2) is 51.7 Å². The van der Waals surface area contributed by atoms with Gasteiger partial charge in [-0.1, -0.05) is 91.0 Å². The summed E-state index contributed by atoms with van der Waals surface area (Å²) >= 11 is 0. The molecule has 6 nitrogen and oxygen atoms in total. The maximum absolute atomic E-state index is 13.9. The fourth-order valence-electron chi connectivity index (χ4n) is 5.15. The largest absolute Gasteiger partial charge is 0.436 e. The third kappa shape index (κ3) is 6.32. The molecule has 0 N–H and O–H groups in total. The molecule has 1 heterocycles.